The van der Waals surface area contributed by atoms with E-state index in [0.29, 0.717) is 5.82 Å². The number of hydrogen-bond acceptors (Lipinski definition) is 2. The quantitative estimate of drug-likeness (QED) is 0.835. The van der Waals surface area contributed by atoms with Gasteiger partial charge >= 0.3 is 0 Å². The van der Waals surface area contributed by atoms with Gasteiger partial charge in [0.05, 0.1) is 0 Å². The lowest BCUT2D eigenvalue weighted by molar-refractivity contribution is -0.111. The van der Waals surface area contributed by atoms with E-state index in [1.807, 2.05) is 49.4 Å². The Balaban J connectivity index is 1.99. The van der Waals surface area contributed by atoms with Crippen LogP contribution >= 0.6 is 0 Å². The van der Waals surface area contributed by atoms with Crippen molar-refractivity contribution in [3.8, 4) is 0 Å². The molecule has 0 atom stereocenters. The molecule has 1 N–H and O–H groups in total. The summed E-state index contributed by atoms with van der Waals surface area (Å²) in [6, 6.07) is 13.4. The summed E-state index contributed by atoms with van der Waals surface area (Å²) in [7, 11) is 0. The summed E-state index contributed by atoms with van der Waals surface area (Å²) < 4.78 is 0. The fourth-order valence-electron chi connectivity index (χ4n) is 1.51. The van der Waals surface area contributed by atoms with E-state index >= 15 is 0 Å². The number of benzene rings is 1. The predicted molar refractivity (Wildman–Crippen MR) is 73.1 cm³/mol. The smallest absolute Gasteiger partial charge is 0.249 e. The first kappa shape index (κ1) is 12.0. The number of nitrogens with zero attached hydrogens (tertiary/aromatic N) is 1. The summed E-state index contributed by atoms with van der Waals surface area (Å²) in [4.78, 5) is 15.7. The first-order chi connectivity index (χ1) is 8.74. The number of hydrogen-bond donors (Lipinski definition) is 1. The van der Waals surface area contributed by atoms with Crippen LogP contribution in [0.1, 0.15) is 11.1 Å². The first-order valence-electron chi connectivity index (χ1n) is 5.71. The van der Waals surface area contributed by atoms with Gasteiger partial charge in [-0.2, -0.15) is 0 Å². The molecule has 0 fully saturated rings. The van der Waals surface area contributed by atoms with Gasteiger partial charge < -0.3 is 5.32 Å². The Bertz CT molecular complexity index is 562. The average Bonchev–Trinajstić information content (AvgIpc) is 2.38. The lowest BCUT2D eigenvalue weighted by Gasteiger charge is -2.01. The molecule has 2 aromatic rings. The van der Waals surface area contributed by atoms with E-state index in [1.54, 1.807) is 12.3 Å². The number of pyridine rings is 1. The van der Waals surface area contributed by atoms with Crippen molar-refractivity contribution in [2.24, 2.45) is 0 Å². The second-order valence-corrected chi connectivity index (χ2v) is 3.95. The van der Waals surface area contributed by atoms with Gasteiger partial charge in [-0.05, 0) is 36.3 Å². The van der Waals surface area contributed by atoms with Crippen LogP contribution in [-0.4, -0.2) is 10.9 Å². The third-order valence-corrected chi connectivity index (χ3v) is 2.39. The van der Waals surface area contributed by atoms with Crippen molar-refractivity contribution in [2.75, 3.05) is 5.32 Å². The zero-order valence-corrected chi connectivity index (χ0v) is 10.1. The van der Waals surface area contributed by atoms with Crippen LogP contribution in [0.25, 0.3) is 6.08 Å². The maximum atomic E-state index is 11.7. The highest BCUT2D eigenvalue weighted by Gasteiger charge is 1.98. The van der Waals surface area contributed by atoms with Crippen molar-refractivity contribution >= 4 is 17.8 Å². The maximum Gasteiger partial charge on any atom is 0.249 e. The molecule has 2 rings (SSSR count). The van der Waals surface area contributed by atoms with Crippen molar-refractivity contribution in [1.82, 2.24) is 4.98 Å². The molecule has 18 heavy (non-hydrogen) atoms. The number of aryl methyl sites for hydroxylation is 1. The van der Waals surface area contributed by atoms with Crippen molar-refractivity contribution in [3.05, 3.63) is 65.9 Å². The van der Waals surface area contributed by atoms with Crippen LogP contribution in [0, 0.1) is 6.92 Å². The molecular weight excluding hydrogens is 224 g/mol. The lowest BCUT2D eigenvalue weighted by Crippen LogP contribution is -2.09. The number of carbonyl (C=O) groups is 1. The van der Waals surface area contributed by atoms with Crippen molar-refractivity contribution < 1.29 is 4.79 Å². The normalized spacial score (nSPS) is 10.5. The minimum atomic E-state index is -0.183. The second kappa shape index (κ2) is 5.77. The van der Waals surface area contributed by atoms with Gasteiger partial charge in [-0.3, -0.25) is 4.79 Å². The molecule has 1 aromatic carbocycles. The third-order valence-electron chi connectivity index (χ3n) is 2.39. The molecular formula is C15H14N2O. The van der Waals surface area contributed by atoms with E-state index < -0.39 is 0 Å². The van der Waals surface area contributed by atoms with Gasteiger partial charge in [0.15, 0.2) is 0 Å². The molecule has 0 spiro atoms. The van der Waals surface area contributed by atoms with E-state index in [-0.39, 0.29) is 5.91 Å². The van der Waals surface area contributed by atoms with Crippen LogP contribution in [0.2, 0.25) is 0 Å². The van der Waals surface area contributed by atoms with Crippen molar-refractivity contribution in [3.63, 3.8) is 0 Å². The Labute approximate surface area is 106 Å². The number of nitrogens with one attached hydrogen (secondary N) is 1. The topological polar surface area (TPSA) is 42.0 Å². The number of aromatic nitrogens is 1. The fourth-order valence-corrected chi connectivity index (χ4v) is 1.51. The van der Waals surface area contributed by atoms with E-state index in [9.17, 15) is 4.79 Å². The van der Waals surface area contributed by atoms with Crippen LogP contribution in [0.15, 0.2) is 54.7 Å². The van der Waals surface area contributed by atoms with E-state index in [2.05, 4.69) is 10.3 Å². The SMILES string of the molecule is Cc1ccnc(NC(=O)C=Cc2ccccc2)c1. The molecule has 0 unspecified atom stereocenters. The van der Waals surface area contributed by atoms with Gasteiger partial charge in [-0.25, -0.2) is 4.98 Å². The van der Waals surface area contributed by atoms with Crippen LogP contribution in [0.4, 0.5) is 5.82 Å². The van der Waals surface area contributed by atoms with Gasteiger partial charge in [0.2, 0.25) is 5.91 Å². The van der Waals surface area contributed by atoms with Crippen molar-refractivity contribution in [2.45, 2.75) is 6.92 Å². The Kier molecular flexibility index (Phi) is 3.86. The summed E-state index contributed by atoms with van der Waals surface area (Å²) in [5, 5.41) is 2.72. The van der Waals surface area contributed by atoms with Crippen LogP contribution in [-0.2, 0) is 4.79 Å². The number of rotatable bonds is 3. The Morgan fingerprint density at radius 2 is 2.00 bits per heavy atom. The summed E-state index contributed by atoms with van der Waals surface area (Å²) >= 11 is 0. The van der Waals surface area contributed by atoms with E-state index in [1.165, 1.54) is 6.08 Å². The minimum Gasteiger partial charge on any atom is -0.307 e. The average molecular weight is 238 g/mol. The predicted octanol–water partition coefficient (Wildman–Crippen LogP) is 3.04. The molecule has 1 aromatic heterocycles. The molecule has 0 radical (unpaired) electrons. The second-order valence-electron chi connectivity index (χ2n) is 3.95. The summed E-state index contributed by atoms with van der Waals surface area (Å²) in [5.41, 5.74) is 2.05. The molecule has 1 heterocycles. The zero-order chi connectivity index (χ0) is 12.8. The molecule has 90 valence electrons. The molecule has 1 amide bonds. The first-order valence-corrected chi connectivity index (χ1v) is 5.71. The molecule has 3 nitrogen and oxygen atoms in total. The van der Waals surface area contributed by atoms with E-state index in [0.717, 1.165) is 11.1 Å². The monoisotopic (exact) mass is 238 g/mol. The summed E-state index contributed by atoms with van der Waals surface area (Å²) in [6.45, 7) is 1.96. The number of amides is 1. The van der Waals surface area contributed by atoms with Crippen LogP contribution in [0.5, 0.6) is 0 Å². The fraction of sp³-hybridized carbons (Fsp3) is 0.0667. The highest BCUT2D eigenvalue weighted by Crippen LogP contribution is 2.06. The van der Waals surface area contributed by atoms with Gasteiger partial charge in [-0.1, -0.05) is 30.3 Å². The standard InChI is InChI=1S/C15H14N2O/c1-12-9-10-16-14(11-12)17-15(18)8-7-13-5-3-2-4-6-13/h2-11H,1H3,(H,16,17,18). The maximum absolute atomic E-state index is 11.7. The van der Waals surface area contributed by atoms with Crippen LogP contribution in [0.3, 0.4) is 0 Å². The highest BCUT2D eigenvalue weighted by atomic mass is 16.1. The third kappa shape index (κ3) is 3.56. The van der Waals surface area contributed by atoms with Gasteiger partial charge in [-0.15, -0.1) is 0 Å². The zero-order valence-electron chi connectivity index (χ0n) is 10.1. The Morgan fingerprint density at radius 3 is 2.72 bits per heavy atom. The molecule has 0 aliphatic heterocycles. The molecule has 0 saturated carbocycles. The Hall–Kier alpha value is -2.42. The molecule has 0 bridgehead atoms. The molecule has 3 heteroatoms. The van der Waals surface area contributed by atoms with Gasteiger partial charge in [0.1, 0.15) is 5.82 Å². The summed E-state index contributed by atoms with van der Waals surface area (Å²) in [5.74, 6) is 0.384. The Morgan fingerprint density at radius 1 is 1.22 bits per heavy atom. The number of anilines is 1. The molecule has 0 aliphatic rings. The number of carbonyl (C=O) groups excluding carboxylic acids is 1. The molecule has 0 aliphatic carbocycles. The summed E-state index contributed by atoms with van der Waals surface area (Å²) in [6.07, 6.45) is 4.94. The van der Waals surface area contributed by atoms with Gasteiger partial charge in [0.25, 0.3) is 0 Å². The van der Waals surface area contributed by atoms with Gasteiger partial charge in [0, 0.05) is 12.3 Å². The largest absolute Gasteiger partial charge is 0.307 e. The van der Waals surface area contributed by atoms with Crippen LogP contribution < -0.4 is 5.32 Å². The van der Waals surface area contributed by atoms with E-state index in [4.69, 9.17) is 0 Å². The molecule has 0 saturated heterocycles. The van der Waals surface area contributed by atoms with Crippen molar-refractivity contribution in [1.29, 1.82) is 0 Å². The minimum absolute atomic E-state index is 0.183. The lowest BCUT2D eigenvalue weighted by atomic mass is 10.2. The highest BCUT2D eigenvalue weighted by molar-refractivity contribution is 6.01.